The molecule has 17 heavy (non-hydrogen) atoms. The molecule has 0 bridgehead atoms. The summed E-state index contributed by atoms with van der Waals surface area (Å²) in [5, 5.41) is 0. The second-order valence-corrected chi connectivity index (χ2v) is 4.87. The lowest BCUT2D eigenvalue weighted by atomic mass is 9.86. The van der Waals surface area contributed by atoms with E-state index in [1.54, 1.807) is 0 Å². The van der Waals surface area contributed by atoms with Crippen molar-refractivity contribution in [1.29, 1.82) is 0 Å². The van der Waals surface area contributed by atoms with Gasteiger partial charge in [-0.25, -0.2) is 4.39 Å². The van der Waals surface area contributed by atoms with Gasteiger partial charge in [0, 0.05) is 24.0 Å². The van der Waals surface area contributed by atoms with Crippen LogP contribution in [-0.2, 0) is 4.74 Å². The SMILES string of the molecule is COC1C(N)CC1Oc1cc(Br)cc(F)c1F. The zero-order valence-electron chi connectivity index (χ0n) is 9.12. The normalized spacial score (nSPS) is 27.7. The van der Waals surface area contributed by atoms with Gasteiger partial charge in [-0.3, -0.25) is 0 Å². The summed E-state index contributed by atoms with van der Waals surface area (Å²) in [5.74, 6) is -2.08. The van der Waals surface area contributed by atoms with Crippen LogP contribution in [0, 0.1) is 11.6 Å². The van der Waals surface area contributed by atoms with Crippen LogP contribution in [0.3, 0.4) is 0 Å². The highest BCUT2D eigenvalue weighted by Gasteiger charge is 2.41. The Morgan fingerprint density at radius 2 is 2.12 bits per heavy atom. The van der Waals surface area contributed by atoms with Crippen LogP contribution in [0.25, 0.3) is 0 Å². The number of halogens is 3. The number of methoxy groups -OCH3 is 1. The predicted molar refractivity (Wildman–Crippen MR) is 61.9 cm³/mol. The van der Waals surface area contributed by atoms with Gasteiger partial charge in [-0.1, -0.05) is 15.9 Å². The van der Waals surface area contributed by atoms with Crippen LogP contribution in [0.2, 0.25) is 0 Å². The monoisotopic (exact) mass is 307 g/mol. The van der Waals surface area contributed by atoms with Crippen LogP contribution in [-0.4, -0.2) is 25.4 Å². The lowest BCUT2D eigenvalue weighted by molar-refractivity contribution is -0.0795. The molecule has 0 aromatic heterocycles. The average molecular weight is 308 g/mol. The predicted octanol–water partition coefficient (Wildman–Crippen LogP) is 2.22. The Bertz CT molecular complexity index is 430. The highest BCUT2D eigenvalue weighted by molar-refractivity contribution is 9.10. The third-order valence-corrected chi connectivity index (χ3v) is 3.26. The Morgan fingerprint density at radius 3 is 2.71 bits per heavy atom. The van der Waals surface area contributed by atoms with E-state index in [0.717, 1.165) is 6.07 Å². The molecule has 1 fully saturated rings. The smallest absolute Gasteiger partial charge is 0.200 e. The van der Waals surface area contributed by atoms with Gasteiger partial charge in [0.25, 0.3) is 0 Å². The van der Waals surface area contributed by atoms with Crippen LogP contribution < -0.4 is 10.5 Å². The fourth-order valence-electron chi connectivity index (χ4n) is 1.84. The quantitative estimate of drug-likeness (QED) is 0.871. The van der Waals surface area contributed by atoms with Gasteiger partial charge in [-0.2, -0.15) is 4.39 Å². The Morgan fingerprint density at radius 1 is 1.41 bits per heavy atom. The molecule has 6 heteroatoms. The molecule has 0 spiro atoms. The first kappa shape index (κ1) is 12.7. The van der Waals surface area contributed by atoms with Crippen LogP contribution in [0.4, 0.5) is 8.78 Å². The van der Waals surface area contributed by atoms with Gasteiger partial charge in [0.2, 0.25) is 5.82 Å². The third-order valence-electron chi connectivity index (χ3n) is 2.80. The van der Waals surface area contributed by atoms with E-state index >= 15 is 0 Å². The molecule has 1 aromatic carbocycles. The molecule has 0 amide bonds. The second kappa shape index (κ2) is 4.88. The number of ether oxygens (including phenoxy) is 2. The number of hydrogen-bond donors (Lipinski definition) is 1. The molecule has 1 saturated carbocycles. The van der Waals surface area contributed by atoms with Crippen molar-refractivity contribution in [2.75, 3.05) is 7.11 Å². The number of rotatable bonds is 3. The van der Waals surface area contributed by atoms with Gasteiger partial charge >= 0.3 is 0 Å². The first-order chi connectivity index (χ1) is 8.02. The minimum Gasteiger partial charge on any atom is -0.484 e. The van der Waals surface area contributed by atoms with E-state index in [4.69, 9.17) is 15.2 Å². The Kier molecular flexibility index (Phi) is 3.65. The summed E-state index contributed by atoms with van der Waals surface area (Å²) in [5.41, 5.74) is 5.69. The van der Waals surface area contributed by atoms with Crippen molar-refractivity contribution in [2.24, 2.45) is 5.73 Å². The fraction of sp³-hybridized carbons (Fsp3) is 0.455. The molecule has 2 rings (SSSR count). The Labute approximate surface area is 106 Å². The molecule has 0 heterocycles. The van der Waals surface area contributed by atoms with Crippen molar-refractivity contribution in [3.63, 3.8) is 0 Å². The summed E-state index contributed by atoms with van der Waals surface area (Å²) in [6.07, 6.45) is -0.0545. The van der Waals surface area contributed by atoms with E-state index < -0.39 is 11.6 Å². The van der Waals surface area contributed by atoms with Gasteiger partial charge in [0.15, 0.2) is 11.6 Å². The highest BCUT2D eigenvalue weighted by atomic mass is 79.9. The first-order valence-electron chi connectivity index (χ1n) is 5.12. The molecular weight excluding hydrogens is 296 g/mol. The van der Waals surface area contributed by atoms with Gasteiger partial charge in [0.05, 0.1) is 0 Å². The molecule has 94 valence electrons. The largest absolute Gasteiger partial charge is 0.484 e. The molecule has 0 saturated heterocycles. The number of hydrogen-bond acceptors (Lipinski definition) is 3. The maximum atomic E-state index is 13.4. The second-order valence-electron chi connectivity index (χ2n) is 3.96. The van der Waals surface area contributed by atoms with E-state index in [-0.39, 0.29) is 24.0 Å². The van der Waals surface area contributed by atoms with E-state index in [1.807, 2.05) is 0 Å². The molecule has 1 aliphatic carbocycles. The molecule has 3 nitrogen and oxygen atoms in total. The summed E-state index contributed by atoms with van der Waals surface area (Å²) in [6, 6.07) is 2.31. The van der Waals surface area contributed by atoms with Crippen LogP contribution in [0.5, 0.6) is 5.75 Å². The minimum absolute atomic E-state index is 0.120. The lowest BCUT2D eigenvalue weighted by Gasteiger charge is -2.40. The van der Waals surface area contributed by atoms with Gasteiger partial charge < -0.3 is 15.2 Å². The number of nitrogens with two attached hydrogens (primary N) is 1. The highest BCUT2D eigenvalue weighted by Crippen LogP contribution is 2.31. The minimum atomic E-state index is -0.997. The Hall–Kier alpha value is -0.720. The lowest BCUT2D eigenvalue weighted by Crippen LogP contribution is -2.59. The molecule has 2 N–H and O–H groups in total. The van der Waals surface area contributed by atoms with Crippen molar-refractivity contribution in [3.05, 3.63) is 28.2 Å². The number of benzene rings is 1. The van der Waals surface area contributed by atoms with E-state index in [9.17, 15) is 8.78 Å². The molecule has 0 radical (unpaired) electrons. The molecule has 0 aliphatic heterocycles. The van der Waals surface area contributed by atoms with Gasteiger partial charge in [0.1, 0.15) is 12.2 Å². The first-order valence-corrected chi connectivity index (χ1v) is 5.91. The maximum Gasteiger partial charge on any atom is 0.200 e. The van der Waals surface area contributed by atoms with Crippen molar-refractivity contribution >= 4 is 15.9 Å². The van der Waals surface area contributed by atoms with Crippen LogP contribution >= 0.6 is 15.9 Å². The molecular formula is C11H12BrF2NO2. The van der Waals surface area contributed by atoms with E-state index in [0.29, 0.717) is 10.9 Å². The summed E-state index contributed by atoms with van der Waals surface area (Å²) in [4.78, 5) is 0. The standard InChI is InChI=1S/C11H12BrF2NO2/c1-16-11-7(15)4-9(11)17-8-3-5(12)2-6(13)10(8)14/h2-3,7,9,11H,4,15H2,1H3. The fourth-order valence-corrected chi connectivity index (χ4v) is 2.25. The summed E-state index contributed by atoms with van der Waals surface area (Å²) < 4.78 is 37.5. The third kappa shape index (κ3) is 2.43. The van der Waals surface area contributed by atoms with E-state index in [2.05, 4.69) is 15.9 Å². The van der Waals surface area contributed by atoms with E-state index in [1.165, 1.54) is 13.2 Å². The molecule has 1 aliphatic rings. The average Bonchev–Trinajstić information content (AvgIpc) is 2.24. The van der Waals surface area contributed by atoms with Crippen molar-refractivity contribution < 1.29 is 18.3 Å². The zero-order chi connectivity index (χ0) is 12.6. The van der Waals surface area contributed by atoms with Crippen molar-refractivity contribution in [3.8, 4) is 5.75 Å². The van der Waals surface area contributed by atoms with Crippen LogP contribution in [0.1, 0.15) is 6.42 Å². The van der Waals surface area contributed by atoms with Gasteiger partial charge in [-0.05, 0) is 12.1 Å². The summed E-state index contributed by atoms with van der Waals surface area (Å²) >= 11 is 3.08. The molecule has 3 atom stereocenters. The van der Waals surface area contributed by atoms with Crippen LogP contribution in [0.15, 0.2) is 16.6 Å². The maximum absolute atomic E-state index is 13.4. The van der Waals surface area contributed by atoms with Crippen molar-refractivity contribution in [1.82, 2.24) is 0 Å². The topological polar surface area (TPSA) is 44.5 Å². The summed E-state index contributed by atoms with van der Waals surface area (Å²) in [7, 11) is 1.51. The zero-order valence-corrected chi connectivity index (χ0v) is 10.7. The molecule has 3 unspecified atom stereocenters. The van der Waals surface area contributed by atoms with Crippen molar-refractivity contribution in [2.45, 2.75) is 24.7 Å². The Balaban J connectivity index is 2.14. The molecule has 1 aromatic rings. The van der Waals surface area contributed by atoms with Gasteiger partial charge in [-0.15, -0.1) is 0 Å². The summed E-state index contributed by atoms with van der Waals surface area (Å²) in [6.45, 7) is 0.